The first-order valence-electron chi connectivity index (χ1n) is 8.74. The Morgan fingerprint density at radius 2 is 1.55 bits per heavy atom. The highest BCUT2D eigenvalue weighted by Gasteiger charge is 2.19. The number of aryl methyl sites for hydroxylation is 1. The van der Waals surface area contributed by atoms with E-state index >= 15 is 0 Å². The Balaban J connectivity index is 1.86. The second kappa shape index (κ2) is 8.83. The van der Waals surface area contributed by atoms with Crippen LogP contribution in [0.3, 0.4) is 0 Å². The van der Waals surface area contributed by atoms with Gasteiger partial charge in [-0.05, 0) is 43.3 Å². The average Bonchev–Trinajstić information content (AvgIpc) is 3.12. The molecule has 2 aromatic carbocycles. The van der Waals surface area contributed by atoms with E-state index in [1.165, 1.54) is 32.7 Å². The zero-order valence-corrected chi connectivity index (χ0v) is 17.7. The van der Waals surface area contributed by atoms with Crippen LogP contribution in [0.15, 0.2) is 36.4 Å². The van der Waals surface area contributed by atoms with Gasteiger partial charge in [-0.2, -0.15) is 0 Å². The van der Waals surface area contributed by atoms with E-state index in [9.17, 15) is 4.79 Å². The van der Waals surface area contributed by atoms with Crippen molar-refractivity contribution in [3.8, 4) is 34.3 Å². The van der Waals surface area contributed by atoms with Crippen molar-refractivity contribution in [2.24, 2.45) is 0 Å². The number of aromatic nitrogens is 1. The number of nitrogens with zero attached hydrogens (tertiary/aromatic N) is 1. The van der Waals surface area contributed by atoms with Gasteiger partial charge in [0.15, 0.2) is 16.6 Å². The zero-order chi connectivity index (χ0) is 21.0. The van der Waals surface area contributed by atoms with E-state index in [0.29, 0.717) is 27.9 Å². The van der Waals surface area contributed by atoms with Crippen molar-refractivity contribution in [1.82, 2.24) is 4.98 Å². The number of benzene rings is 2. The fourth-order valence-electron chi connectivity index (χ4n) is 2.85. The molecule has 3 rings (SSSR count). The predicted molar refractivity (Wildman–Crippen MR) is 113 cm³/mol. The molecule has 0 saturated heterocycles. The molecular formula is C21H22N2O5S. The molecule has 1 aromatic heterocycles. The van der Waals surface area contributed by atoms with Crippen LogP contribution in [0.5, 0.6) is 23.0 Å². The van der Waals surface area contributed by atoms with Gasteiger partial charge in [-0.1, -0.05) is 0 Å². The smallest absolute Gasteiger partial charge is 0.257 e. The van der Waals surface area contributed by atoms with Crippen molar-refractivity contribution in [3.63, 3.8) is 0 Å². The van der Waals surface area contributed by atoms with Gasteiger partial charge < -0.3 is 18.9 Å². The zero-order valence-electron chi connectivity index (χ0n) is 16.9. The number of anilines is 1. The maximum absolute atomic E-state index is 12.8. The molecule has 0 spiro atoms. The first-order chi connectivity index (χ1) is 14.0. The standard InChI is InChI=1S/C21H22N2O5S/c1-12-18(13-6-8-15(25-2)9-7-13)22-21(29-12)23-20(24)14-10-16(26-3)19(28-5)17(11-14)27-4/h6-11H,1-5H3,(H,22,23,24). The average molecular weight is 414 g/mol. The fraction of sp³-hybridized carbons (Fsp3) is 0.238. The molecule has 0 aliphatic carbocycles. The second-order valence-corrected chi connectivity index (χ2v) is 7.22. The molecule has 0 bridgehead atoms. The van der Waals surface area contributed by atoms with Crippen LogP contribution in [-0.2, 0) is 0 Å². The van der Waals surface area contributed by atoms with Crippen LogP contribution in [0.1, 0.15) is 15.2 Å². The van der Waals surface area contributed by atoms with Crippen molar-refractivity contribution in [1.29, 1.82) is 0 Å². The number of hydrogen-bond acceptors (Lipinski definition) is 7. The Morgan fingerprint density at radius 1 is 0.931 bits per heavy atom. The predicted octanol–water partition coefficient (Wildman–Crippen LogP) is 4.41. The summed E-state index contributed by atoms with van der Waals surface area (Å²) >= 11 is 1.41. The molecule has 0 aliphatic heterocycles. The first kappa shape index (κ1) is 20.5. The Bertz CT molecular complexity index is 989. The number of rotatable bonds is 7. The molecule has 7 nitrogen and oxygen atoms in total. The molecule has 3 aromatic rings. The fourth-order valence-corrected chi connectivity index (χ4v) is 3.68. The van der Waals surface area contributed by atoms with Crippen LogP contribution in [-0.4, -0.2) is 39.3 Å². The lowest BCUT2D eigenvalue weighted by atomic mass is 10.1. The van der Waals surface area contributed by atoms with Gasteiger partial charge in [-0.3, -0.25) is 10.1 Å². The van der Waals surface area contributed by atoms with Crippen LogP contribution in [0, 0.1) is 6.92 Å². The molecule has 1 amide bonds. The third-order valence-electron chi connectivity index (χ3n) is 4.31. The highest BCUT2D eigenvalue weighted by Crippen LogP contribution is 2.38. The van der Waals surface area contributed by atoms with Crippen molar-refractivity contribution in [2.45, 2.75) is 6.92 Å². The Morgan fingerprint density at radius 3 is 2.07 bits per heavy atom. The maximum atomic E-state index is 12.8. The third-order valence-corrected chi connectivity index (χ3v) is 5.19. The van der Waals surface area contributed by atoms with Crippen LogP contribution < -0.4 is 24.3 Å². The van der Waals surface area contributed by atoms with Crippen LogP contribution in [0.25, 0.3) is 11.3 Å². The summed E-state index contributed by atoms with van der Waals surface area (Å²) in [6, 6.07) is 10.8. The van der Waals surface area contributed by atoms with E-state index in [-0.39, 0.29) is 5.91 Å². The van der Waals surface area contributed by atoms with Crippen LogP contribution in [0.4, 0.5) is 5.13 Å². The van der Waals surface area contributed by atoms with Gasteiger partial charge in [0.1, 0.15) is 5.75 Å². The highest BCUT2D eigenvalue weighted by atomic mass is 32.1. The molecule has 0 radical (unpaired) electrons. The number of amides is 1. The quantitative estimate of drug-likeness (QED) is 0.617. The van der Waals surface area contributed by atoms with E-state index in [1.807, 2.05) is 31.2 Å². The molecule has 8 heteroatoms. The van der Waals surface area contributed by atoms with E-state index in [1.54, 1.807) is 19.2 Å². The second-order valence-electron chi connectivity index (χ2n) is 6.02. The number of carbonyl (C=O) groups excluding carboxylic acids is 1. The number of ether oxygens (including phenoxy) is 4. The van der Waals surface area contributed by atoms with Crippen molar-refractivity contribution >= 4 is 22.4 Å². The van der Waals surface area contributed by atoms with Crippen molar-refractivity contribution in [2.75, 3.05) is 33.8 Å². The van der Waals surface area contributed by atoms with Gasteiger partial charge in [0.2, 0.25) is 5.75 Å². The molecule has 0 unspecified atom stereocenters. The number of nitrogens with one attached hydrogen (secondary N) is 1. The number of hydrogen-bond donors (Lipinski definition) is 1. The molecule has 0 saturated carbocycles. The van der Waals surface area contributed by atoms with Gasteiger partial charge in [-0.15, -0.1) is 11.3 Å². The van der Waals surface area contributed by atoms with E-state index in [2.05, 4.69) is 10.3 Å². The minimum Gasteiger partial charge on any atom is -0.497 e. The molecule has 0 aliphatic rings. The summed E-state index contributed by atoms with van der Waals surface area (Å²) in [5.74, 6) is 1.70. The Hall–Kier alpha value is -3.26. The largest absolute Gasteiger partial charge is 0.497 e. The number of thiazole rings is 1. The number of methoxy groups -OCH3 is 4. The third kappa shape index (κ3) is 4.27. The summed E-state index contributed by atoms with van der Waals surface area (Å²) in [6.07, 6.45) is 0. The van der Waals surface area contributed by atoms with Crippen molar-refractivity contribution in [3.05, 3.63) is 46.8 Å². The normalized spacial score (nSPS) is 10.4. The molecule has 0 fully saturated rings. The van der Waals surface area contributed by atoms with E-state index in [0.717, 1.165) is 21.9 Å². The highest BCUT2D eigenvalue weighted by molar-refractivity contribution is 7.16. The summed E-state index contributed by atoms with van der Waals surface area (Å²) < 4.78 is 21.1. The van der Waals surface area contributed by atoms with Crippen LogP contribution >= 0.6 is 11.3 Å². The van der Waals surface area contributed by atoms with E-state index < -0.39 is 0 Å². The SMILES string of the molecule is COc1ccc(-c2nc(NC(=O)c3cc(OC)c(OC)c(OC)c3)sc2C)cc1. The minimum absolute atomic E-state index is 0.320. The van der Waals surface area contributed by atoms with Gasteiger partial charge in [0, 0.05) is 16.0 Å². The lowest BCUT2D eigenvalue weighted by Crippen LogP contribution is -2.12. The Labute approximate surface area is 173 Å². The number of carbonyl (C=O) groups is 1. The molecule has 0 atom stereocenters. The van der Waals surface area contributed by atoms with Gasteiger partial charge in [0.05, 0.1) is 34.1 Å². The molecule has 1 N–H and O–H groups in total. The van der Waals surface area contributed by atoms with Crippen LogP contribution in [0.2, 0.25) is 0 Å². The molecular weight excluding hydrogens is 392 g/mol. The molecule has 152 valence electrons. The monoisotopic (exact) mass is 414 g/mol. The summed E-state index contributed by atoms with van der Waals surface area (Å²) in [5, 5.41) is 3.35. The van der Waals surface area contributed by atoms with E-state index in [4.69, 9.17) is 18.9 Å². The van der Waals surface area contributed by atoms with Gasteiger partial charge in [0.25, 0.3) is 5.91 Å². The van der Waals surface area contributed by atoms with Crippen molar-refractivity contribution < 1.29 is 23.7 Å². The summed E-state index contributed by atoms with van der Waals surface area (Å²) in [4.78, 5) is 18.4. The lowest BCUT2D eigenvalue weighted by molar-refractivity contribution is 0.102. The summed E-state index contributed by atoms with van der Waals surface area (Å²) in [6.45, 7) is 1.96. The van der Waals surface area contributed by atoms with Gasteiger partial charge in [-0.25, -0.2) is 4.98 Å². The topological polar surface area (TPSA) is 78.9 Å². The Kier molecular flexibility index (Phi) is 6.23. The summed E-state index contributed by atoms with van der Waals surface area (Å²) in [7, 11) is 6.15. The first-order valence-corrected chi connectivity index (χ1v) is 9.55. The molecule has 1 heterocycles. The minimum atomic E-state index is -0.320. The maximum Gasteiger partial charge on any atom is 0.257 e. The van der Waals surface area contributed by atoms with Gasteiger partial charge >= 0.3 is 0 Å². The summed E-state index contributed by atoms with van der Waals surface area (Å²) in [5.41, 5.74) is 2.14. The lowest BCUT2D eigenvalue weighted by Gasteiger charge is -2.13. The molecule has 29 heavy (non-hydrogen) atoms.